The number of hydrogen-bond donors (Lipinski definition) is 3. The van der Waals surface area contributed by atoms with Gasteiger partial charge in [-0.25, -0.2) is 26.7 Å². The highest BCUT2D eigenvalue weighted by molar-refractivity contribution is 9.10. The molecule has 0 saturated carbocycles. The summed E-state index contributed by atoms with van der Waals surface area (Å²) >= 11 is 3.12. The first kappa shape index (κ1) is 16.4. The van der Waals surface area contributed by atoms with Crippen molar-refractivity contribution >= 4 is 41.7 Å². The number of hydrogen-bond acceptors (Lipinski definition) is 5. The highest BCUT2D eigenvalue weighted by Crippen LogP contribution is 2.23. The second-order valence-electron chi connectivity index (χ2n) is 3.81. The van der Waals surface area contributed by atoms with Crippen molar-refractivity contribution in [3.05, 3.63) is 22.7 Å². The summed E-state index contributed by atoms with van der Waals surface area (Å²) in [6.45, 7) is -0.0278. The Balaban J connectivity index is 2.74. The smallest absolute Gasteiger partial charge is 0.241 e. The van der Waals surface area contributed by atoms with Crippen LogP contribution < -0.4 is 15.6 Å². The van der Waals surface area contributed by atoms with Crippen LogP contribution in [0.2, 0.25) is 0 Å². The van der Waals surface area contributed by atoms with Gasteiger partial charge in [0.25, 0.3) is 0 Å². The molecule has 0 unspecified atom stereocenters. The van der Waals surface area contributed by atoms with E-state index in [2.05, 4.69) is 20.7 Å². The molecule has 0 saturated heterocycles. The minimum Gasteiger partial charge on any atom is -0.399 e. The number of benzene rings is 1. The number of primary sulfonamides is 1. The molecule has 7 nitrogen and oxygen atoms in total. The van der Waals surface area contributed by atoms with Gasteiger partial charge in [-0.1, -0.05) is 0 Å². The predicted octanol–water partition coefficient (Wildman–Crippen LogP) is -0.0118. The van der Waals surface area contributed by atoms with Crippen LogP contribution in [0.1, 0.15) is 6.42 Å². The average molecular weight is 372 g/mol. The van der Waals surface area contributed by atoms with Crippen molar-refractivity contribution in [2.75, 3.05) is 18.0 Å². The average Bonchev–Trinajstić information content (AvgIpc) is 2.26. The van der Waals surface area contributed by atoms with Gasteiger partial charge in [0.1, 0.15) is 0 Å². The number of anilines is 1. The van der Waals surface area contributed by atoms with Crippen molar-refractivity contribution in [1.82, 2.24) is 4.72 Å². The van der Waals surface area contributed by atoms with E-state index in [-0.39, 0.29) is 23.6 Å². The zero-order valence-corrected chi connectivity index (χ0v) is 13.1. The van der Waals surface area contributed by atoms with Crippen molar-refractivity contribution in [1.29, 1.82) is 0 Å². The fourth-order valence-corrected chi connectivity index (χ4v) is 3.90. The van der Waals surface area contributed by atoms with E-state index in [0.29, 0.717) is 10.2 Å². The molecule has 10 heteroatoms. The molecule has 0 heterocycles. The molecule has 1 aromatic rings. The lowest BCUT2D eigenvalue weighted by molar-refractivity contribution is 0.576. The van der Waals surface area contributed by atoms with Gasteiger partial charge in [-0.3, -0.25) is 0 Å². The molecule has 0 spiro atoms. The van der Waals surface area contributed by atoms with E-state index in [0.717, 1.165) is 0 Å². The topological polar surface area (TPSA) is 132 Å². The summed E-state index contributed by atoms with van der Waals surface area (Å²) in [5.74, 6) is -0.284. The van der Waals surface area contributed by atoms with E-state index < -0.39 is 20.0 Å². The number of nitrogen functional groups attached to an aromatic ring is 1. The minimum absolute atomic E-state index is 0.00288. The standard InChI is InChI=1S/C9H14BrN3O4S2/c10-8-3-2-7(11)6-9(8)19(16,17)13-4-1-5-18(12,14)15/h2-3,6,13H,1,4-5,11H2,(H2,12,14,15). The first-order chi connectivity index (χ1) is 8.62. The maximum absolute atomic E-state index is 12.0. The molecular formula is C9H14BrN3O4S2. The molecule has 19 heavy (non-hydrogen) atoms. The van der Waals surface area contributed by atoms with Crippen LogP contribution in [-0.2, 0) is 20.0 Å². The van der Waals surface area contributed by atoms with Crippen LogP contribution in [0.5, 0.6) is 0 Å². The summed E-state index contributed by atoms with van der Waals surface area (Å²) < 4.78 is 48.0. The number of nitrogens with one attached hydrogen (secondary N) is 1. The predicted molar refractivity (Wildman–Crippen MR) is 76.3 cm³/mol. The van der Waals surface area contributed by atoms with E-state index in [1.54, 1.807) is 6.07 Å². The SMILES string of the molecule is Nc1ccc(Br)c(S(=O)(=O)NCCCS(N)(=O)=O)c1. The number of nitrogens with two attached hydrogens (primary N) is 2. The Kier molecular flexibility index (Phi) is 5.33. The van der Waals surface area contributed by atoms with Crippen LogP contribution in [0.3, 0.4) is 0 Å². The molecule has 0 aliphatic rings. The van der Waals surface area contributed by atoms with Crippen LogP contribution in [0, 0.1) is 0 Å². The summed E-state index contributed by atoms with van der Waals surface area (Å²) in [7, 11) is -7.33. The molecule has 0 aromatic heterocycles. The Labute approximate surface area is 120 Å². The summed E-state index contributed by atoms with van der Waals surface area (Å²) in [4.78, 5) is 0.00288. The number of halogens is 1. The van der Waals surface area contributed by atoms with Gasteiger partial charge in [-0.15, -0.1) is 0 Å². The van der Waals surface area contributed by atoms with Gasteiger partial charge in [0.05, 0.1) is 10.6 Å². The summed E-state index contributed by atoms with van der Waals surface area (Å²) in [5, 5.41) is 4.81. The van der Waals surface area contributed by atoms with E-state index in [1.807, 2.05) is 0 Å². The fourth-order valence-electron chi connectivity index (χ4n) is 1.28. The zero-order valence-electron chi connectivity index (χ0n) is 9.84. The molecule has 108 valence electrons. The molecule has 0 atom stereocenters. The lowest BCUT2D eigenvalue weighted by atomic mass is 10.3. The van der Waals surface area contributed by atoms with Crippen molar-refractivity contribution in [3.8, 4) is 0 Å². The molecule has 0 fully saturated rings. The quantitative estimate of drug-likeness (QED) is 0.477. The molecule has 0 bridgehead atoms. The van der Waals surface area contributed by atoms with Crippen LogP contribution in [0.15, 0.2) is 27.6 Å². The van der Waals surface area contributed by atoms with Gasteiger partial charge in [0.2, 0.25) is 20.0 Å². The van der Waals surface area contributed by atoms with E-state index in [9.17, 15) is 16.8 Å². The van der Waals surface area contributed by atoms with Gasteiger partial charge < -0.3 is 5.73 Å². The second-order valence-corrected chi connectivity index (χ2v) is 8.13. The third kappa shape index (κ3) is 5.45. The zero-order chi connectivity index (χ0) is 14.7. The maximum Gasteiger partial charge on any atom is 0.241 e. The highest BCUT2D eigenvalue weighted by atomic mass is 79.9. The Morgan fingerprint density at radius 2 is 1.84 bits per heavy atom. The van der Waals surface area contributed by atoms with Gasteiger partial charge in [-0.2, -0.15) is 0 Å². The molecule has 0 amide bonds. The molecule has 0 aliphatic heterocycles. The number of sulfonamides is 2. The summed E-state index contributed by atoms with van der Waals surface area (Å²) in [6, 6.07) is 4.39. The molecule has 0 aliphatic carbocycles. The largest absolute Gasteiger partial charge is 0.399 e. The van der Waals surface area contributed by atoms with Crippen molar-refractivity contribution in [2.45, 2.75) is 11.3 Å². The lowest BCUT2D eigenvalue weighted by Crippen LogP contribution is -2.27. The van der Waals surface area contributed by atoms with E-state index in [4.69, 9.17) is 10.9 Å². The monoisotopic (exact) mass is 371 g/mol. The van der Waals surface area contributed by atoms with E-state index >= 15 is 0 Å². The Morgan fingerprint density at radius 3 is 2.42 bits per heavy atom. The first-order valence-corrected chi connectivity index (χ1v) is 9.16. The van der Waals surface area contributed by atoms with Crippen LogP contribution >= 0.6 is 15.9 Å². The second kappa shape index (κ2) is 6.18. The van der Waals surface area contributed by atoms with Gasteiger partial charge in [0.15, 0.2) is 0 Å². The Morgan fingerprint density at radius 1 is 1.21 bits per heavy atom. The molecular weight excluding hydrogens is 358 g/mol. The fraction of sp³-hybridized carbons (Fsp3) is 0.333. The normalized spacial score (nSPS) is 12.5. The Hall–Kier alpha value is -0.680. The first-order valence-electron chi connectivity index (χ1n) is 5.17. The molecule has 5 N–H and O–H groups in total. The maximum atomic E-state index is 12.0. The van der Waals surface area contributed by atoms with Gasteiger partial charge in [0, 0.05) is 16.7 Å². The van der Waals surface area contributed by atoms with Crippen molar-refractivity contribution in [2.24, 2.45) is 5.14 Å². The van der Waals surface area contributed by atoms with Crippen LogP contribution in [0.4, 0.5) is 5.69 Å². The Bertz CT molecular complexity index is 658. The molecule has 0 radical (unpaired) electrons. The highest BCUT2D eigenvalue weighted by Gasteiger charge is 2.17. The van der Waals surface area contributed by atoms with Crippen LogP contribution in [-0.4, -0.2) is 29.1 Å². The third-order valence-corrected chi connectivity index (χ3v) is 5.46. The third-order valence-electron chi connectivity index (χ3n) is 2.14. The lowest BCUT2D eigenvalue weighted by Gasteiger charge is -2.08. The van der Waals surface area contributed by atoms with Crippen molar-refractivity contribution < 1.29 is 16.8 Å². The van der Waals surface area contributed by atoms with Crippen LogP contribution in [0.25, 0.3) is 0 Å². The number of rotatable bonds is 6. The van der Waals surface area contributed by atoms with Gasteiger partial charge in [-0.05, 0) is 40.5 Å². The molecule has 1 rings (SSSR count). The van der Waals surface area contributed by atoms with Gasteiger partial charge >= 0.3 is 0 Å². The minimum atomic E-state index is -3.74. The molecule has 1 aromatic carbocycles. The van der Waals surface area contributed by atoms with E-state index in [1.165, 1.54) is 12.1 Å². The van der Waals surface area contributed by atoms with Crippen molar-refractivity contribution in [3.63, 3.8) is 0 Å². The summed E-state index contributed by atoms with van der Waals surface area (Å²) in [5.41, 5.74) is 5.84. The summed E-state index contributed by atoms with van der Waals surface area (Å²) in [6.07, 6.45) is 0.0952.